The molecule has 1 aromatic heterocycles. The highest BCUT2D eigenvalue weighted by molar-refractivity contribution is 5.49. The van der Waals surface area contributed by atoms with Crippen LogP contribution in [-0.2, 0) is 0 Å². The summed E-state index contributed by atoms with van der Waals surface area (Å²) in [7, 11) is 0. The second kappa shape index (κ2) is 7.06. The first-order valence-corrected chi connectivity index (χ1v) is 5.85. The third-order valence-electron chi connectivity index (χ3n) is 2.29. The van der Waals surface area contributed by atoms with E-state index < -0.39 is 0 Å². The number of rotatable bonds is 7. The zero-order valence-corrected chi connectivity index (χ0v) is 10.1. The van der Waals surface area contributed by atoms with Gasteiger partial charge in [-0.05, 0) is 25.0 Å². The maximum absolute atomic E-state index is 5.84. The van der Waals surface area contributed by atoms with Crippen LogP contribution < -0.4 is 15.8 Å². The second-order valence-electron chi connectivity index (χ2n) is 3.75. The fourth-order valence-electron chi connectivity index (χ4n) is 1.22. The summed E-state index contributed by atoms with van der Waals surface area (Å²) >= 11 is 0. The molecule has 16 heavy (non-hydrogen) atoms. The standard InChI is InChI=1S/C12H21N3O/c1-3-8-16-11-6-5-7-14-12(11)15-9-10(13)4-2/h5-7,10H,3-4,8-9,13H2,1-2H3,(H,14,15). The topological polar surface area (TPSA) is 60.2 Å². The number of hydrogen-bond donors (Lipinski definition) is 2. The van der Waals surface area contributed by atoms with Crippen LogP contribution in [0.3, 0.4) is 0 Å². The summed E-state index contributed by atoms with van der Waals surface area (Å²) in [6.45, 7) is 5.58. The van der Waals surface area contributed by atoms with E-state index in [2.05, 4.69) is 24.1 Å². The Hall–Kier alpha value is -1.29. The molecule has 0 aliphatic rings. The van der Waals surface area contributed by atoms with Crippen molar-refractivity contribution in [3.63, 3.8) is 0 Å². The summed E-state index contributed by atoms with van der Waals surface area (Å²) in [6.07, 6.45) is 3.69. The molecule has 0 aromatic carbocycles. The van der Waals surface area contributed by atoms with Gasteiger partial charge in [-0.1, -0.05) is 13.8 Å². The van der Waals surface area contributed by atoms with Crippen molar-refractivity contribution in [2.24, 2.45) is 5.73 Å². The molecule has 3 N–H and O–H groups in total. The van der Waals surface area contributed by atoms with Crippen LogP contribution in [0.25, 0.3) is 0 Å². The van der Waals surface area contributed by atoms with Gasteiger partial charge in [-0.3, -0.25) is 0 Å². The predicted molar refractivity (Wildman–Crippen MR) is 66.8 cm³/mol. The minimum absolute atomic E-state index is 0.154. The Bertz CT molecular complexity index is 304. The fourth-order valence-corrected chi connectivity index (χ4v) is 1.22. The van der Waals surface area contributed by atoms with Crippen LogP contribution >= 0.6 is 0 Å². The van der Waals surface area contributed by atoms with E-state index in [0.29, 0.717) is 6.61 Å². The molecule has 0 spiro atoms. The van der Waals surface area contributed by atoms with E-state index >= 15 is 0 Å². The first kappa shape index (κ1) is 12.8. The monoisotopic (exact) mass is 223 g/mol. The van der Waals surface area contributed by atoms with Crippen molar-refractivity contribution in [2.45, 2.75) is 32.7 Å². The average molecular weight is 223 g/mol. The van der Waals surface area contributed by atoms with E-state index in [1.165, 1.54) is 0 Å². The highest BCUT2D eigenvalue weighted by Gasteiger charge is 2.05. The largest absolute Gasteiger partial charge is 0.490 e. The van der Waals surface area contributed by atoms with Gasteiger partial charge in [-0.2, -0.15) is 0 Å². The number of pyridine rings is 1. The smallest absolute Gasteiger partial charge is 0.168 e. The summed E-state index contributed by atoms with van der Waals surface area (Å²) in [5.74, 6) is 1.58. The number of aromatic nitrogens is 1. The number of nitrogens with two attached hydrogens (primary N) is 1. The van der Waals surface area contributed by atoms with Gasteiger partial charge >= 0.3 is 0 Å². The highest BCUT2D eigenvalue weighted by Crippen LogP contribution is 2.20. The van der Waals surface area contributed by atoms with Gasteiger partial charge < -0.3 is 15.8 Å². The minimum atomic E-state index is 0.154. The van der Waals surface area contributed by atoms with Gasteiger partial charge in [-0.15, -0.1) is 0 Å². The third kappa shape index (κ3) is 4.06. The third-order valence-corrected chi connectivity index (χ3v) is 2.29. The highest BCUT2D eigenvalue weighted by atomic mass is 16.5. The van der Waals surface area contributed by atoms with Gasteiger partial charge in [0.05, 0.1) is 6.61 Å². The first-order chi connectivity index (χ1) is 7.77. The molecule has 1 unspecified atom stereocenters. The van der Waals surface area contributed by atoms with Gasteiger partial charge in [0.25, 0.3) is 0 Å². The molecule has 90 valence electrons. The first-order valence-electron chi connectivity index (χ1n) is 5.85. The SMILES string of the molecule is CCCOc1cccnc1NCC(N)CC. The van der Waals surface area contributed by atoms with Crippen LogP contribution in [0.1, 0.15) is 26.7 Å². The van der Waals surface area contributed by atoms with E-state index in [9.17, 15) is 0 Å². The lowest BCUT2D eigenvalue weighted by Gasteiger charge is -2.14. The average Bonchev–Trinajstić information content (AvgIpc) is 2.34. The van der Waals surface area contributed by atoms with Gasteiger partial charge in [0.15, 0.2) is 11.6 Å². The van der Waals surface area contributed by atoms with E-state index in [-0.39, 0.29) is 6.04 Å². The molecule has 0 aliphatic carbocycles. The summed E-state index contributed by atoms with van der Waals surface area (Å²) < 4.78 is 5.59. The maximum atomic E-state index is 5.84. The molecule has 0 fully saturated rings. The Balaban J connectivity index is 2.56. The van der Waals surface area contributed by atoms with Gasteiger partial charge in [0.1, 0.15) is 0 Å². The predicted octanol–water partition coefficient (Wildman–Crippen LogP) is 2.02. The summed E-state index contributed by atoms with van der Waals surface area (Å²) in [4.78, 5) is 4.25. The van der Waals surface area contributed by atoms with Crippen molar-refractivity contribution in [1.82, 2.24) is 4.98 Å². The van der Waals surface area contributed by atoms with Crippen molar-refractivity contribution in [1.29, 1.82) is 0 Å². The van der Waals surface area contributed by atoms with Gasteiger partial charge in [-0.25, -0.2) is 4.98 Å². The van der Waals surface area contributed by atoms with E-state index in [1.54, 1.807) is 6.20 Å². The number of ether oxygens (including phenoxy) is 1. The van der Waals surface area contributed by atoms with Gasteiger partial charge in [0, 0.05) is 18.8 Å². The Labute approximate surface area is 97.2 Å². The summed E-state index contributed by atoms with van der Waals surface area (Å²) in [5, 5.41) is 3.21. The van der Waals surface area contributed by atoms with Crippen LogP contribution in [0, 0.1) is 0 Å². The molecule has 0 bridgehead atoms. The summed E-state index contributed by atoms with van der Waals surface area (Å²) in [5.41, 5.74) is 5.84. The zero-order valence-electron chi connectivity index (χ0n) is 10.1. The van der Waals surface area contributed by atoms with Crippen LogP contribution in [0.5, 0.6) is 5.75 Å². The van der Waals surface area contributed by atoms with Crippen molar-refractivity contribution >= 4 is 5.82 Å². The fraction of sp³-hybridized carbons (Fsp3) is 0.583. The van der Waals surface area contributed by atoms with Gasteiger partial charge in [0.2, 0.25) is 0 Å². The molecule has 1 heterocycles. The molecule has 0 amide bonds. The van der Waals surface area contributed by atoms with E-state index in [4.69, 9.17) is 10.5 Å². The molecule has 0 saturated carbocycles. The van der Waals surface area contributed by atoms with Crippen LogP contribution in [-0.4, -0.2) is 24.2 Å². The Kier molecular flexibility index (Phi) is 5.64. The molecule has 1 atom stereocenters. The molecule has 4 nitrogen and oxygen atoms in total. The Morgan fingerprint density at radius 2 is 2.31 bits per heavy atom. The maximum Gasteiger partial charge on any atom is 0.168 e. The van der Waals surface area contributed by atoms with Crippen LogP contribution in [0.4, 0.5) is 5.82 Å². The molecule has 0 aliphatic heterocycles. The minimum Gasteiger partial charge on any atom is -0.490 e. The lowest BCUT2D eigenvalue weighted by atomic mass is 10.2. The molecule has 0 saturated heterocycles. The second-order valence-corrected chi connectivity index (χ2v) is 3.75. The molecule has 1 rings (SSSR count). The van der Waals surface area contributed by atoms with E-state index in [0.717, 1.165) is 31.0 Å². The lowest BCUT2D eigenvalue weighted by molar-refractivity contribution is 0.317. The lowest BCUT2D eigenvalue weighted by Crippen LogP contribution is -2.28. The molecular formula is C12H21N3O. The molecule has 4 heteroatoms. The van der Waals surface area contributed by atoms with Crippen LogP contribution in [0.15, 0.2) is 18.3 Å². The molecule has 1 aromatic rings. The summed E-state index contributed by atoms with van der Waals surface area (Å²) in [6, 6.07) is 3.94. The van der Waals surface area contributed by atoms with Crippen molar-refractivity contribution in [3.8, 4) is 5.75 Å². The van der Waals surface area contributed by atoms with Crippen molar-refractivity contribution < 1.29 is 4.74 Å². The van der Waals surface area contributed by atoms with Crippen molar-refractivity contribution in [2.75, 3.05) is 18.5 Å². The number of hydrogen-bond acceptors (Lipinski definition) is 4. The molecule has 0 radical (unpaired) electrons. The number of nitrogens with zero attached hydrogens (tertiary/aromatic N) is 1. The van der Waals surface area contributed by atoms with Crippen molar-refractivity contribution in [3.05, 3.63) is 18.3 Å². The van der Waals surface area contributed by atoms with E-state index in [1.807, 2.05) is 12.1 Å². The normalized spacial score (nSPS) is 12.2. The Morgan fingerprint density at radius 1 is 1.50 bits per heavy atom. The Morgan fingerprint density at radius 3 is 3.00 bits per heavy atom. The molecular weight excluding hydrogens is 202 g/mol. The number of nitrogens with one attached hydrogen (secondary N) is 1. The number of anilines is 1. The zero-order chi connectivity index (χ0) is 11.8. The quantitative estimate of drug-likeness (QED) is 0.742. The van der Waals surface area contributed by atoms with Crippen LogP contribution in [0.2, 0.25) is 0 Å².